The molecule has 1 amide bonds. The fraction of sp³-hybridized carbons (Fsp3) is 0.718. The Morgan fingerprint density at radius 1 is 1.17 bits per heavy atom. The predicted octanol–water partition coefficient (Wildman–Crippen LogP) is 7.25. The molecule has 4 N–H and O–H groups in total. The minimum Gasteiger partial charge on any atom is -0.387 e. The van der Waals surface area contributed by atoms with Crippen molar-refractivity contribution in [2.24, 2.45) is 27.6 Å². The van der Waals surface area contributed by atoms with Gasteiger partial charge in [0.25, 0.3) is 0 Å². The third-order valence-electron chi connectivity index (χ3n) is 8.97. The molecule has 0 aromatic heterocycles. The van der Waals surface area contributed by atoms with Crippen molar-refractivity contribution in [3.8, 4) is 0 Å². The van der Waals surface area contributed by atoms with Gasteiger partial charge in [0, 0.05) is 30.8 Å². The molecule has 7 unspecified atom stereocenters. The highest BCUT2D eigenvalue weighted by Crippen LogP contribution is 2.43. The summed E-state index contributed by atoms with van der Waals surface area (Å²) in [6, 6.07) is 0.204. The van der Waals surface area contributed by atoms with Gasteiger partial charge in [0.2, 0.25) is 6.41 Å². The number of primary amides is 1. The van der Waals surface area contributed by atoms with Crippen LogP contribution >= 0.6 is 0 Å². The van der Waals surface area contributed by atoms with Crippen LogP contribution in [0.2, 0.25) is 0 Å². The second kappa shape index (κ2) is 22.9. The number of rotatable bonds is 13. The Labute approximate surface area is 292 Å². The van der Waals surface area contributed by atoms with Gasteiger partial charge < -0.3 is 30.4 Å². The third kappa shape index (κ3) is 14.9. The van der Waals surface area contributed by atoms with E-state index in [-0.39, 0.29) is 42.8 Å². The topological polar surface area (TPSA) is 131 Å². The first-order valence-corrected chi connectivity index (χ1v) is 18.1. The number of carbonyl (C=O) groups excluding carboxylic acids is 1. The highest BCUT2D eigenvalue weighted by atomic mass is 16.6. The molecular formula is C39H68N4O5. The molecule has 0 aromatic carbocycles. The molecule has 3 aliphatic rings. The number of amidine groups is 1. The van der Waals surface area contributed by atoms with Gasteiger partial charge in [0.05, 0.1) is 31.0 Å². The highest BCUT2D eigenvalue weighted by Gasteiger charge is 2.57. The van der Waals surface area contributed by atoms with Crippen LogP contribution in [0.4, 0.5) is 0 Å². The number of hydrogen-bond donors (Lipinski definition) is 3. The van der Waals surface area contributed by atoms with E-state index in [2.05, 4.69) is 103 Å². The summed E-state index contributed by atoms with van der Waals surface area (Å²) in [5.74, 6) is 1.37. The van der Waals surface area contributed by atoms with Crippen molar-refractivity contribution in [1.82, 2.24) is 5.32 Å². The van der Waals surface area contributed by atoms with Gasteiger partial charge in [0.1, 0.15) is 23.6 Å². The summed E-state index contributed by atoms with van der Waals surface area (Å²) in [6.07, 6.45) is 18.3. The fourth-order valence-electron chi connectivity index (χ4n) is 5.92. The molecule has 3 heterocycles. The molecule has 274 valence electrons. The molecule has 0 aromatic rings. The van der Waals surface area contributed by atoms with Gasteiger partial charge in [0.15, 0.2) is 0 Å². The average molecular weight is 673 g/mol. The molecule has 3 saturated heterocycles. The molecule has 1 spiro atoms. The quantitative estimate of drug-likeness (QED) is 0.0621. The largest absolute Gasteiger partial charge is 0.387 e. The number of nitrogens with zero attached hydrogens (tertiary/aromatic N) is 2. The SMILES string of the molecule is C=C(/C=C\C(C)C(N=C(C)CCCC)=NC)NC1CC(C)C(C/C=C(C)/C=C/C2O[C@H](CC)CC3(CO3)[C@@H]2O)OC1C.CCC.NC=O. The van der Waals surface area contributed by atoms with E-state index < -0.39 is 11.7 Å². The molecule has 0 aliphatic carbocycles. The van der Waals surface area contributed by atoms with Gasteiger partial charge in [-0.3, -0.25) is 9.79 Å². The number of aliphatic imine (C=N–C) groups is 2. The third-order valence-corrected chi connectivity index (χ3v) is 8.97. The monoisotopic (exact) mass is 673 g/mol. The van der Waals surface area contributed by atoms with Gasteiger partial charge in [-0.25, -0.2) is 4.99 Å². The molecule has 3 rings (SSSR count). The van der Waals surface area contributed by atoms with E-state index in [0.717, 1.165) is 61.3 Å². The molecular weight excluding hydrogens is 604 g/mol. The van der Waals surface area contributed by atoms with E-state index in [1.165, 1.54) is 12.8 Å². The first-order valence-electron chi connectivity index (χ1n) is 18.1. The molecule has 9 nitrogen and oxygen atoms in total. The fourth-order valence-corrected chi connectivity index (χ4v) is 5.92. The zero-order valence-corrected chi connectivity index (χ0v) is 31.7. The summed E-state index contributed by atoms with van der Waals surface area (Å²) in [6.45, 7) is 24.2. The second-order valence-corrected chi connectivity index (χ2v) is 13.6. The molecule has 3 fully saturated rings. The molecule has 0 radical (unpaired) electrons. The van der Waals surface area contributed by atoms with Crippen LogP contribution in [0.3, 0.4) is 0 Å². The number of carbonyl (C=O) groups is 1. The van der Waals surface area contributed by atoms with Crippen molar-refractivity contribution in [2.45, 2.75) is 156 Å². The number of aliphatic hydroxyl groups excluding tert-OH is 1. The number of allylic oxidation sites excluding steroid dienone is 3. The lowest BCUT2D eigenvalue weighted by Gasteiger charge is -2.39. The zero-order chi connectivity index (χ0) is 36.3. The van der Waals surface area contributed by atoms with Crippen molar-refractivity contribution >= 4 is 18.0 Å². The van der Waals surface area contributed by atoms with Gasteiger partial charge in [-0.1, -0.05) is 90.8 Å². The van der Waals surface area contributed by atoms with E-state index in [1.807, 2.05) is 19.2 Å². The normalized spacial score (nSPS) is 31.5. The van der Waals surface area contributed by atoms with Gasteiger partial charge >= 0.3 is 0 Å². The van der Waals surface area contributed by atoms with Crippen LogP contribution in [0.1, 0.15) is 114 Å². The Balaban J connectivity index is 0.00000178. The van der Waals surface area contributed by atoms with Gasteiger partial charge in [-0.15, -0.1) is 0 Å². The van der Waals surface area contributed by atoms with Gasteiger partial charge in [-0.05, 0) is 64.9 Å². The minimum atomic E-state index is -0.612. The van der Waals surface area contributed by atoms with Crippen LogP contribution in [-0.2, 0) is 19.0 Å². The number of aliphatic hydroxyl groups is 1. The van der Waals surface area contributed by atoms with Crippen LogP contribution in [0.25, 0.3) is 0 Å². The molecule has 9 heteroatoms. The summed E-state index contributed by atoms with van der Waals surface area (Å²) in [4.78, 5) is 17.8. The summed E-state index contributed by atoms with van der Waals surface area (Å²) in [5, 5.41) is 14.3. The summed E-state index contributed by atoms with van der Waals surface area (Å²) >= 11 is 0. The standard InChI is InChI=1S/C35H57N3O4.C3H8.CH3NO/c1-10-12-13-26(6)38-34(36-9)24(4)16-17-27(7)37-30-20-25(5)31(41-28(30)8)18-14-23(3)15-19-32-33(39)35(22-40-35)21-29(11-2)42-32;1-3-2;2-1-3/h14-17,19,24-25,28-33,37,39H,7,10-13,18,20-22H2,1-6,8-9H3;3H2,1-2H3;1H,(H2,2,3)/b17-16-,19-15+,23-14+,36-34?,38-26?;;/t24?,25?,28?,29-,30?,31?,32?,33-,35?;;/m1../s1. The van der Waals surface area contributed by atoms with Crippen LogP contribution in [0, 0.1) is 11.8 Å². The maximum absolute atomic E-state index is 10.8. The van der Waals surface area contributed by atoms with Crippen molar-refractivity contribution in [1.29, 1.82) is 0 Å². The summed E-state index contributed by atoms with van der Waals surface area (Å²) < 4.78 is 18.2. The zero-order valence-electron chi connectivity index (χ0n) is 31.7. The molecule has 3 aliphatic heterocycles. The maximum Gasteiger partial charge on any atom is 0.204 e. The average Bonchev–Trinajstić information content (AvgIpc) is 3.83. The highest BCUT2D eigenvalue weighted by molar-refractivity contribution is 5.98. The Hall–Kier alpha value is -2.59. The van der Waals surface area contributed by atoms with Crippen LogP contribution in [-0.4, -0.2) is 78.9 Å². The lowest BCUT2D eigenvalue weighted by Crippen LogP contribution is -2.49. The van der Waals surface area contributed by atoms with Crippen molar-refractivity contribution in [3.63, 3.8) is 0 Å². The smallest absolute Gasteiger partial charge is 0.204 e. The number of amides is 1. The van der Waals surface area contributed by atoms with E-state index in [0.29, 0.717) is 12.5 Å². The van der Waals surface area contributed by atoms with Crippen LogP contribution in [0.5, 0.6) is 0 Å². The number of ether oxygens (including phenoxy) is 3. The Bertz CT molecular complexity index is 1110. The lowest BCUT2D eigenvalue weighted by atomic mass is 9.87. The first-order chi connectivity index (χ1) is 22.8. The number of hydrogen-bond acceptors (Lipinski definition) is 7. The Morgan fingerprint density at radius 3 is 2.38 bits per heavy atom. The Kier molecular flexibility index (Phi) is 20.7. The van der Waals surface area contributed by atoms with Crippen molar-refractivity contribution in [3.05, 3.63) is 48.2 Å². The van der Waals surface area contributed by atoms with Crippen molar-refractivity contribution in [2.75, 3.05) is 13.7 Å². The second-order valence-electron chi connectivity index (χ2n) is 13.6. The number of epoxide rings is 1. The minimum absolute atomic E-state index is 0.0723. The molecule has 0 saturated carbocycles. The molecule has 9 atom stereocenters. The Morgan fingerprint density at radius 2 is 1.81 bits per heavy atom. The number of nitrogens with two attached hydrogens (primary N) is 1. The van der Waals surface area contributed by atoms with Crippen LogP contribution < -0.4 is 11.1 Å². The summed E-state index contributed by atoms with van der Waals surface area (Å²) in [5.41, 5.74) is 6.93. The molecule has 48 heavy (non-hydrogen) atoms. The van der Waals surface area contributed by atoms with Crippen molar-refractivity contribution < 1.29 is 24.1 Å². The van der Waals surface area contributed by atoms with E-state index in [1.54, 1.807) is 0 Å². The maximum atomic E-state index is 10.8. The predicted molar refractivity (Wildman–Crippen MR) is 200 cm³/mol. The number of nitrogens with one attached hydrogen (secondary N) is 1. The summed E-state index contributed by atoms with van der Waals surface area (Å²) in [7, 11) is 1.81. The first kappa shape index (κ1) is 43.4. The van der Waals surface area contributed by atoms with Crippen LogP contribution in [0.15, 0.2) is 58.2 Å². The lowest BCUT2D eigenvalue weighted by molar-refractivity contribution is -0.133. The van der Waals surface area contributed by atoms with E-state index in [9.17, 15) is 5.11 Å². The number of unbranched alkanes of at least 4 members (excludes halogenated alkanes) is 1. The van der Waals surface area contributed by atoms with Gasteiger partial charge in [-0.2, -0.15) is 0 Å². The van der Waals surface area contributed by atoms with E-state index >= 15 is 0 Å². The molecule has 0 bridgehead atoms. The van der Waals surface area contributed by atoms with E-state index in [4.69, 9.17) is 24.0 Å².